The second-order valence-electron chi connectivity index (χ2n) is 8.60. The molecule has 0 unspecified atom stereocenters. The van der Waals surface area contributed by atoms with E-state index in [0.717, 1.165) is 0 Å². The Bertz CT molecular complexity index is 795. The van der Waals surface area contributed by atoms with E-state index < -0.39 is 41.4 Å². The highest BCUT2D eigenvalue weighted by atomic mass is 16.5. The van der Waals surface area contributed by atoms with Crippen LogP contribution in [0.5, 0.6) is 0 Å². The smallest absolute Gasteiger partial charge is 0.441 e. The molecule has 0 aromatic carbocycles. The summed E-state index contributed by atoms with van der Waals surface area (Å²) in [6.07, 6.45) is 2.75. The van der Waals surface area contributed by atoms with Gasteiger partial charge in [-0.2, -0.15) is 4.79 Å². The summed E-state index contributed by atoms with van der Waals surface area (Å²) in [5, 5.41) is 0. The van der Waals surface area contributed by atoms with Gasteiger partial charge >= 0.3 is 17.7 Å². The molecule has 2 aliphatic rings. The van der Waals surface area contributed by atoms with Crippen LogP contribution < -0.4 is 0 Å². The van der Waals surface area contributed by atoms with Crippen molar-refractivity contribution in [3.63, 3.8) is 0 Å². The van der Waals surface area contributed by atoms with E-state index in [0.29, 0.717) is 19.3 Å². The fourth-order valence-electron chi connectivity index (χ4n) is 4.91. The lowest BCUT2D eigenvalue weighted by Gasteiger charge is -2.21. The van der Waals surface area contributed by atoms with E-state index in [9.17, 15) is 19.2 Å². The van der Waals surface area contributed by atoms with Crippen LogP contribution in [0, 0.1) is 29.1 Å². The van der Waals surface area contributed by atoms with E-state index in [4.69, 9.17) is 15.0 Å². The highest BCUT2D eigenvalue weighted by Gasteiger charge is 2.61. The summed E-state index contributed by atoms with van der Waals surface area (Å²) in [4.78, 5) is 52.2. The Morgan fingerprint density at radius 1 is 1.23 bits per heavy atom. The molecule has 0 heterocycles. The summed E-state index contributed by atoms with van der Waals surface area (Å²) in [5.74, 6) is -3.61. The molecule has 8 heteroatoms. The van der Waals surface area contributed by atoms with Crippen LogP contribution in [0.25, 0.3) is 5.53 Å². The Kier molecular flexibility index (Phi) is 7.48. The summed E-state index contributed by atoms with van der Waals surface area (Å²) < 4.78 is 10.2. The second kappa shape index (κ2) is 9.47. The molecule has 2 fully saturated rings. The first-order valence-electron chi connectivity index (χ1n) is 10.4. The van der Waals surface area contributed by atoms with Gasteiger partial charge in [-0.15, -0.1) is 6.58 Å². The molecule has 0 N–H and O–H groups in total. The predicted molar refractivity (Wildman–Crippen MR) is 107 cm³/mol. The normalized spacial score (nSPS) is 27.3. The van der Waals surface area contributed by atoms with Crippen LogP contribution in [0.3, 0.4) is 0 Å². The van der Waals surface area contributed by atoms with Gasteiger partial charge in [0.25, 0.3) is 5.78 Å². The molecule has 2 aliphatic carbocycles. The Hall–Kier alpha value is -2.60. The minimum Gasteiger partial charge on any atom is -0.462 e. The van der Waals surface area contributed by atoms with E-state index in [1.54, 1.807) is 6.92 Å². The standard InChI is InChI=1S/C22H30N2O6/c1-6-15-18(22(15,4)5)17(30-12(3)25)11-16(26)13-9-8-10-14(13)20(27)19(24-23)21(28)29-7-2/h6,13-15,17-18H,1,7-11H2,2-5H3/t13-,14-,15+,17+,18+/m1/s1. The Morgan fingerprint density at radius 3 is 2.37 bits per heavy atom. The molecule has 2 saturated carbocycles. The fraction of sp³-hybridized carbons (Fsp3) is 0.682. The lowest BCUT2D eigenvalue weighted by Crippen LogP contribution is -2.37. The van der Waals surface area contributed by atoms with Gasteiger partial charge in [0, 0.05) is 31.1 Å². The SMILES string of the molecule is C=C[C@H]1[C@@H]([C@H](CC(=O)[C@@H]2CCC[C@H]2C(=O)C(=[N+]=[N-])C(=O)OCC)OC(C)=O)C1(C)C. The molecule has 0 radical (unpaired) electrons. The number of esters is 2. The van der Waals surface area contributed by atoms with Crippen molar-refractivity contribution < 1.29 is 33.4 Å². The number of carbonyl (C=O) groups is 4. The number of allylic oxidation sites excluding steroid dienone is 1. The van der Waals surface area contributed by atoms with Gasteiger partial charge in [-0.05, 0) is 31.1 Å². The first-order valence-corrected chi connectivity index (χ1v) is 10.4. The van der Waals surface area contributed by atoms with Crippen molar-refractivity contribution in [3.8, 4) is 0 Å². The van der Waals surface area contributed by atoms with Crippen molar-refractivity contribution in [1.82, 2.24) is 0 Å². The molecule has 0 aliphatic heterocycles. The van der Waals surface area contributed by atoms with Gasteiger partial charge in [-0.3, -0.25) is 14.4 Å². The minimum absolute atomic E-state index is 0.00251. The number of ketones is 2. The van der Waals surface area contributed by atoms with Crippen molar-refractivity contribution >= 4 is 29.2 Å². The second-order valence-corrected chi connectivity index (χ2v) is 8.60. The van der Waals surface area contributed by atoms with E-state index in [1.807, 2.05) is 19.9 Å². The molecule has 2 rings (SSSR count). The van der Waals surface area contributed by atoms with Gasteiger partial charge in [0.1, 0.15) is 11.9 Å². The predicted octanol–water partition coefficient (Wildman–Crippen LogP) is 2.55. The Balaban J connectivity index is 2.16. The van der Waals surface area contributed by atoms with Gasteiger partial charge in [0.05, 0.1) is 6.61 Å². The van der Waals surface area contributed by atoms with Crippen LogP contribution in [0.4, 0.5) is 0 Å². The maximum atomic E-state index is 13.1. The first kappa shape index (κ1) is 23.7. The van der Waals surface area contributed by atoms with Crippen molar-refractivity contribution in [2.45, 2.75) is 59.5 Å². The largest absolute Gasteiger partial charge is 0.462 e. The summed E-state index contributed by atoms with van der Waals surface area (Å²) in [6.45, 7) is 10.8. The maximum Gasteiger partial charge on any atom is 0.441 e. The van der Waals surface area contributed by atoms with Crippen LogP contribution in [0.1, 0.15) is 53.4 Å². The number of Topliss-reactive ketones (excluding diaryl/α,β-unsaturated/α-hetero) is 2. The zero-order chi connectivity index (χ0) is 22.6. The Morgan fingerprint density at radius 2 is 1.87 bits per heavy atom. The van der Waals surface area contributed by atoms with E-state index in [-0.39, 0.29) is 36.1 Å². The van der Waals surface area contributed by atoms with Crippen molar-refractivity contribution in [3.05, 3.63) is 18.2 Å². The zero-order valence-electron chi connectivity index (χ0n) is 18.1. The van der Waals surface area contributed by atoms with Crippen LogP contribution >= 0.6 is 0 Å². The lowest BCUT2D eigenvalue weighted by atomic mass is 9.84. The van der Waals surface area contributed by atoms with Crippen LogP contribution in [0.15, 0.2) is 12.7 Å². The zero-order valence-corrected chi connectivity index (χ0v) is 18.1. The fourth-order valence-corrected chi connectivity index (χ4v) is 4.91. The van der Waals surface area contributed by atoms with Gasteiger partial charge in [0.15, 0.2) is 0 Å². The van der Waals surface area contributed by atoms with E-state index >= 15 is 0 Å². The first-order chi connectivity index (χ1) is 14.1. The number of rotatable bonds is 10. The number of carbonyl (C=O) groups excluding carboxylic acids is 4. The summed E-state index contributed by atoms with van der Waals surface area (Å²) in [7, 11) is 0. The third-order valence-electron chi connectivity index (χ3n) is 6.44. The molecule has 0 saturated heterocycles. The van der Waals surface area contributed by atoms with Gasteiger partial charge < -0.3 is 15.0 Å². The quantitative estimate of drug-likeness (QED) is 0.134. The van der Waals surface area contributed by atoms with Crippen molar-refractivity contribution in [2.75, 3.05) is 6.61 Å². The van der Waals surface area contributed by atoms with Crippen LogP contribution in [-0.4, -0.2) is 46.7 Å². The molecule has 0 spiro atoms. The Labute approximate surface area is 176 Å². The molecular formula is C22H30N2O6. The molecular weight excluding hydrogens is 388 g/mol. The van der Waals surface area contributed by atoms with E-state index in [2.05, 4.69) is 11.4 Å². The minimum atomic E-state index is -1.01. The average molecular weight is 418 g/mol. The molecule has 5 atom stereocenters. The lowest BCUT2D eigenvalue weighted by molar-refractivity contribution is -0.150. The summed E-state index contributed by atoms with van der Waals surface area (Å²) in [5.41, 5.74) is 8.31. The van der Waals surface area contributed by atoms with Gasteiger partial charge in [-0.25, -0.2) is 4.79 Å². The summed E-state index contributed by atoms with van der Waals surface area (Å²) in [6, 6.07) is 0. The average Bonchev–Trinajstić information content (AvgIpc) is 3.01. The molecule has 0 bridgehead atoms. The maximum absolute atomic E-state index is 13.1. The molecule has 30 heavy (non-hydrogen) atoms. The van der Waals surface area contributed by atoms with Crippen molar-refractivity contribution in [1.29, 1.82) is 0 Å². The highest BCUT2D eigenvalue weighted by molar-refractivity contribution is 6.62. The molecule has 8 nitrogen and oxygen atoms in total. The number of nitrogens with zero attached hydrogens (tertiary/aromatic N) is 2. The third-order valence-corrected chi connectivity index (χ3v) is 6.44. The van der Waals surface area contributed by atoms with Crippen molar-refractivity contribution in [2.24, 2.45) is 29.1 Å². The number of ether oxygens (including phenoxy) is 2. The van der Waals surface area contributed by atoms with E-state index in [1.165, 1.54) is 6.92 Å². The molecule has 0 aromatic rings. The van der Waals surface area contributed by atoms with Gasteiger partial charge in [-0.1, -0.05) is 26.3 Å². The van der Waals surface area contributed by atoms with Gasteiger partial charge in [0.2, 0.25) is 0 Å². The molecule has 0 aromatic heterocycles. The number of hydrogen-bond donors (Lipinski definition) is 0. The topological polar surface area (TPSA) is 123 Å². The molecule has 0 amide bonds. The van der Waals surface area contributed by atoms with Crippen LogP contribution in [-0.2, 0) is 28.7 Å². The van der Waals surface area contributed by atoms with Crippen LogP contribution in [0.2, 0.25) is 0 Å². The number of hydrogen-bond acceptors (Lipinski definition) is 6. The monoisotopic (exact) mass is 418 g/mol. The third kappa shape index (κ3) is 4.75. The summed E-state index contributed by atoms with van der Waals surface area (Å²) >= 11 is 0. The molecule has 164 valence electrons. The highest BCUT2D eigenvalue weighted by Crippen LogP contribution is 2.61.